The number of nitrogens with zero attached hydrogens (tertiary/aromatic N) is 3. The van der Waals surface area contributed by atoms with Gasteiger partial charge >= 0.3 is 0 Å². The predicted molar refractivity (Wildman–Crippen MR) is 132 cm³/mol. The Bertz CT molecular complexity index is 1330. The summed E-state index contributed by atoms with van der Waals surface area (Å²) >= 11 is 1.52. The molecular formula is C26H22N4O2S. The van der Waals surface area contributed by atoms with Crippen molar-refractivity contribution >= 4 is 29.1 Å². The van der Waals surface area contributed by atoms with E-state index in [-0.39, 0.29) is 18.4 Å². The summed E-state index contributed by atoms with van der Waals surface area (Å²) in [5.41, 5.74) is 4.78. The molecule has 0 saturated carbocycles. The largest absolute Gasteiger partial charge is 0.482 e. The topological polar surface area (TPSA) is 68.0 Å². The molecule has 5 rings (SSSR count). The van der Waals surface area contributed by atoms with Gasteiger partial charge in [-0.3, -0.25) is 9.79 Å². The molecule has 0 radical (unpaired) electrons. The molecule has 0 aliphatic carbocycles. The van der Waals surface area contributed by atoms with Crippen molar-refractivity contribution in [2.24, 2.45) is 10.1 Å². The number of nitrogens with one attached hydrogen (secondary N) is 1. The van der Waals surface area contributed by atoms with Gasteiger partial charge in [0.15, 0.2) is 6.61 Å². The number of benzene rings is 3. The number of carbonyl (C=O) groups is 1. The summed E-state index contributed by atoms with van der Waals surface area (Å²) in [5, 5.41) is 9.78. The molecule has 2 heterocycles. The number of carbonyl (C=O) groups excluding carboxylic acids is 1. The Morgan fingerprint density at radius 2 is 1.73 bits per heavy atom. The Morgan fingerprint density at radius 3 is 2.39 bits per heavy atom. The maximum absolute atomic E-state index is 11.8. The van der Waals surface area contributed by atoms with Crippen LogP contribution in [-0.2, 0) is 4.79 Å². The predicted octanol–water partition coefficient (Wildman–Crippen LogP) is 4.74. The molecule has 0 saturated heterocycles. The van der Waals surface area contributed by atoms with Crippen LogP contribution in [-0.4, -0.2) is 30.5 Å². The molecule has 3 aromatic carbocycles. The summed E-state index contributed by atoms with van der Waals surface area (Å²) < 4.78 is 7.34. The summed E-state index contributed by atoms with van der Waals surface area (Å²) in [6.45, 7) is 0.0360. The second-order valence-corrected chi connectivity index (χ2v) is 8.39. The zero-order chi connectivity index (χ0) is 22.6. The van der Waals surface area contributed by atoms with Gasteiger partial charge in [0.25, 0.3) is 5.91 Å². The van der Waals surface area contributed by atoms with Crippen LogP contribution in [0.3, 0.4) is 0 Å². The number of ether oxygens (including phenoxy) is 1. The maximum atomic E-state index is 11.8. The van der Waals surface area contributed by atoms with Crippen LogP contribution in [0.5, 0.6) is 5.75 Å². The van der Waals surface area contributed by atoms with Gasteiger partial charge in [0, 0.05) is 30.1 Å². The molecule has 4 aromatic rings. The number of aromatic nitrogens is 1. The highest BCUT2D eigenvalue weighted by Crippen LogP contribution is 2.33. The highest BCUT2D eigenvalue weighted by molar-refractivity contribution is 7.07. The van der Waals surface area contributed by atoms with Gasteiger partial charge in [0.05, 0.1) is 11.4 Å². The van der Waals surface area contributed by atoms with Crippen molar-refractivity contribution < 1.29 is 9.53 Å². The zero-order valence-electron chi connectivity index (χ0n) is 18.0. The lowest BCUT2D eigenvalue weighted by Gasteiger charge is -2.18. The number of thiazole rings is 1. The van der Waals surface area contributed by atoms with Gasteiger partial charge < -0.3 is 10.1 Å². The number of hydrogen-bond acceptors (Lipinski definition) is 5. The van der Waals surface area contributed by atoms with E-state index in [9.17, 15) is 4.79 Å². The van der Waals surface area contributed by atoms with Gasteiger partial charge in [-0.2, -0.15) is 5.10 Å². The van der Waals surface area contributed by atoms with E-state index in [1.807, 2.05) is 70.9 Å². The molecule has 0 fully saturated rings. The van der Waals surface area contributed by atoms with Crippen LogP contribution in [0.4, 0.5) is 5.69 Å². The first-order valence-corrected chi connectivity index (χ1v) is 11.5. The van der Waals surface area contributed by atoms with Crippen LogP contribution < -0.4 is 14.9 Å². The van der Waals surface area contributed by atoms with Gasteiger partial charge in [0.1, 0.15) is 5.75 Å². The molecule has 0 bridgehead atoms. The summed E-state index contributed by atoms with van der Waals surface area (Å²) in [5.74, 6) is 0.500. The summed E-state index contributed by atoms with van der Waals surface area (Å²) in [6, 6.07) is 26.4. The van der Waals surface area contributed by atoms with Crippen LogP contribution in [0.2, 0.25) is 0 Å². The summed E-state index contributed by atoms with van der Waals surface area (Å²) in [4.78, 5) is 17.0. The molecule has 33 heavy (non-hydrogen) atoms. The minimum absolute atomic E-state index is 0.00595. The molecule has 0 spiro atoms. The number of hydrogen-bond donors (Lipinski definition) is 1. The Hall–Kier alpha value is -3.97. The third-order valence-corrected chi connectivity index (χ3v) is 6.34. The van der Waals surface area contributed by atoms with Crippen molar-refractivity contribution in [2.75, 3.05) is 19.0 Å². The molecule has 0 unspecified atom stereocenters. The van der Waals surface area contributed by atoms with Gasteiger partial charge in [-0.15, -0.1) is 11.3 Å². The van der Waals surface area contributed by atoms with Crippen molar-refractivity contribution in [1.29, 1.82) is 0 Å². The third kappa shape index (κ3) is 4.36. The normalized spacial score (nSPS) is 13.8. The second kappa shape index (κ2) is 9.26. The average molecular weight is 455 g/mol. The Morgan fingerprint density at radius 1 is 1.03 bits per heavy atom. The smallest absolute Gasteiger partial charge is 0.262 e. The van der Waals surface area contributed by atoms with Crippen LogP contribution in [0.1, 0.15) is 17.0 Å². The van der Waals surface area contributed by atoms with E-state index in [0.29, 0.717) is 11.4 Å². The van der Waals surface area contributed by atoms with Gasteiger partial charge in [-0.25, -0.2) is 4.68 Å². The second-order valence-electron chi connectivity index (χ2n) is 7.55. The van der Waals surface area contributed by atoms with Gasteiger partial charge in [-0.1, -0.05) is 60.7 Å². The SMILES string of the molecule is CN=c1scc(-c2ccc3c(c2)NC(=O)CO3)n1N=CC(c1ccccc1)c1ccccc1. The number of fused-ring (bicyclic) bond motifs is 1. The molecule has 0 atom stereocenters. The van der Waals surface area contributed by atoms with Crippen molar-refractivity contribution in [3.63, 3.8) is 0 Å². The Balaban J connectivity index is 1.57. The fourth-order valence-electron chi connectivity index (χ4n) is 3.82. The average Bonchev–Trinajstić information content (AvgIpc) is 3.28. The molecule has 7 heteroatoms. The first kappa shape index (κ1) is 20.9. The number of anilines is 1. The van der Waals surface area contributed by atoms with Crippen molar-refractivity contribution in [2.45, 2.75) is 5.92 Å². The molecule has 1 aliphatic heterocycles. The van der Waals surface area contributed by atoms with Crippen LogP contribution in [0, 0.1) is 0 Å². The molecule has 1 aliphatic rings. The fourth-order valence-corrected chi connectivity index (χ4v) is 4.63. The quantitative estimate of drug-likeness (QED) is 0.443. The third-order valence-electron chi connectivity index (χ3n) is 5.43. The van der Waals surface area contributed by atoms with E-state index < -0.39 is 0 Å². The van der Waals surface area contributed by atoms with Crippen molar-refractivity contribution in [3.05, 3.63) is 100 Å². The lowest BCUT2D eigenvalue weighted by molar-refractivity contribution is -0.118. The molecule has 1 N–H and O–H groups in total. The van der Waals surface area contributed by atoms with E-state index in [1.165, 1.54) is 11.3 Å². The highest BCUT2D eigenvalue weighted by Gasteiger charge is 2.18. The van der Waals surface area contributed by atoms with Crippen molar-refractivity contribution in [3.8, 4) is 17.0 Å². The van der Waals surface area contributed by atoms with Crippen LogP contribution in [0.15, 0.2) is 94.3 Å². The molecule has 1 amide bonds. The lowest BCUT2D eigenvalue weighted by atomic mass is 9.92. The first-order chi connectivity index (χ1) is 16.2. The Labute approximate surface area is 195 Å². The Kier molecular flexibility index (Phi) is 5.87. The zero-order valence-corrected chi connectivity index (χ0v) is 18.8. The number of rotatable bonds is 5. The van der Waals surface area contributed by atoms with E-state index in [4.69, 9.17) is 9.84 Å². The van der Waals surface area contributed by atoms with E-state index in [1.54, 1.807) is 7.05 Å². The summed E-state index contributed by atoms with van der Waals surface area (Å²) in [6.07, 6.45) is 1.96. The summed E-state index contributed by atoms with van der Waals surface area (Å²) in [7, 11) is 1.76. The maximum Gasteiger partial charge on any atom is 0.262 e. The van der Waals surface area contributed by atoms with E-state index in [2.05, 4.69) is 34.6 Å². The van der Waals surface area contributed by atoms with Crippen LogP contribution in [0.25, 0.3) is 11.3 Å². The molecular weight excluding hydrogens is 432 g/mol. The standard InChI is InChI=1S/C26H22N4O2S/c1-27-26-30(23(17-33-26)20-12-13-24-22(14-20)29-25(31)16-32-24)28-15-21(18-8-4-2-5-9-18)19-10-6-3-7-11-19/h2-15,17,21H,16H2,1H3,(H,29,31). The van der Waals surface area contributed by atoms with Crippen LogP contribution >= 0.6 is 11.3 Å². The number of amides is 1. The fraction of sp³-hybridized carbons (Fsp3) is 0.115. The highest BCUT2D eigenvalue weighted by atomic mass is 32.1. The van der Waals surface area contributed by atoms with E-state index in [0.717, 1.165) is 27.2 Å². The molecule has 6 nitrogen and oxygen atoms in total. The minimum Gasteiger partial charge on any atom is -0.482 e. The van der Waals surface area contributed by atoms with Gasteiger partial charge in [0.2, 0.25) is 4.80 Å². The van der Waals surface area contributed by atoms with E-state index >= 15 is 0 Å². The molecule has 164 valence electrons. The minimum atomic E-state index is -0.159. The van der Waals surface area contributed by atoms with Gasteiger partial charge in [-0.05, 0) is 29.3 Å². The molecule has 1 aromatic heterocycles. The monoisotopic (exact) mass is 454 g/mol. The lowest BCUT2D eigenvalue weighted by Crippen LogP contribution is -2.25. The first-order valence-electron chi connectivity index (χ1n) is 10.6. The van der Waals surface area contributed by atoms with Crippen molar-refractivity contribution in [1.82, 2.24) is 4.68 Å².